The van der Waals surface area contributed by atoms with Crippen LogP contribution in [0.4, 0.5) is 11.4 Å². The Balaban J connectivity index is 2.06. The fraction of sp³-hybridized carbons (Fsp3) is 0.435. The summed E-state index contributed by atoms with van der Waals surface area (Å²) in [5.74, 6) is 1.38. The molecule has 0 saturated heterocycles. The van der Waals surface area contributed by atoms with Crippen molar-refractivity contribution in [1.29, 1.82) is 0 Å². The molecule has 0 saturated carbocycles. The molecule has 4 heteroatoms. The Hall–Kier alpha value is -1.81. The third-order valence-electron chi connectivity index (χ3n) is 5.38. The molecule has 1 aliphatic heterocycles. The fourth-order valence-electron chi connectivity index (χ4n) is 4.15. The maximum atomic E-state index is 5.73. The number of methoxy groups -OCH3 is 1. The van der Waals surface area contributed by atoms with Crippen LogP contribution >= 0.6 is 15.9 Å². The number of hydrogen-bond acceptors (Lipinski definition) is 3. The number of hydrogen-bond donors (Lipinski definition) is 0. The van der Waals surface area contributed by atoms with Crippen molar-refractivity contribution in [2.24, 2.45) is 4.99 Å². The van der Waals surface area contributed by atoms with Crippen molar-refractivity contribution in [1.82, 2.24) is 0 Å². The molecule has 2 aromatic carbocycles. The van der Waals surface area contributed by atoms with Crippen LogP contribution in [0.25, 0.3) is 0 Å². The van der Waals surface area contributed by atoms with Crippen LogP contribution in [0.1, 0.15) is 57.6 Å². The summed E-state index contributed by atoms with van der Waals surface area (Å²) in [5.41, 5.74) is 4.78. The van der Waals surface area contributed by atoms with Gasteiger partial charge in [-0.2, -0.15) is 0 Å². The zero-order chi connectivity index (χ0) is 19.6. The lowest BCUT2D eigenvalue weighted by Crippen LogP contribution is -2.48. The first-order chi connectivity index (χ1) is 12.9. The maximum absolute atomic E-state index is 5.73. The molecule has 0 aromatic heterocycles. The van der Waals surface area contributed by atoms with Gasteiger partial charge in [0.2, 0.25) is 0 Å². The maximum Gasteiger partial charge on any atom is 0.129 e. The van der Waals surface area contributed by atoms with E-state index in [4.69, 9.17) is 4.74 Å². The lowest BCUT2D eigenvalue weighted by molar-refractivity contribution is 0.372. The molecule has 0 bridgehead atoms. The minimum Gasteiger partial charge on any atom is -0.496 e. The number of halogens is 1. The van der Waals surface area contributed by atoms with Crippen molar-refractivity contribution in [3.05, 3.63) is 52.0 Å². The van der Waals surface area contributed by atoms with Gasteiger partial charge in [0.05, 0.1) is 12.8 Å². The molecule has 2 aromatic rings. The molecule has 1 unspecified atom stereocenters. The van der Waals surface area contributed by atoms with Gasteiger partial charge >= 0.3 is 0 Å². The highest BCUT2D eigenvalue weighted by atomic mass is 79.9. The summed E-state index contributed by atoms with van der Waals surface area (Å²) in [4.78, 5) is 7.22. The predicted molar refractivity (Wildman–Crippen MR) is 119 cm³/mol. The van der Waals surface area contributed by atoms with Crippen LogP contribution in [-0.2, 0) is 0 Å². The van der Waals surface area contributed by atoms with Gasteiger partial charge in [-0.05, 0) is 72.3 Å². The number of anilines is 1. The van der Waals surface area contributed by atoms with Crippen LogP contribution in [0.15, 0.2) is 45.9 Å². The van der Waals surface area contributed by atoms with Crippen LogP contribution in [-0.4, -0.2) is 25.4 Å². The molecular formula is C23H29BrN2O. The average Bonchev–Trinajstić information content (AvgIpc) is 2.63. The minimum atomic E-state index is 0.151. The van der Waals surface area contributed by atoms with E-state index in [1.807, 2.05) is 30.5 Å². The minimum absolute atomic E-state index is 0.151. The number of fused-ring (bicyclic) bond motifs is 1. The molecule has 1 atom stereocenters. The quantitative estimate of drug-likeness (QED) is 0.494. The van der Waals surface area contributed by atoms with Gasteiger partial charge in [0.1, 0.15) is 5.75 Å². The standard InChI is InChI=1S/C23H29BrN2O/c1-6-11-26-21-13-22(27-5)17(12-18(21)16(2)14-23(26,3)4)15-25-20-10-8-7-9-19(20)24/h7-10,12-13,15-16H,6,11,14H2,1-5H3. The third kappa shape index (κ3) is 4.06. The first-order valence-corrected chi connectivity index (χ1v) is 10.4. The lowest BCUT2D eigenvalue weighted by atomic mass is 9.79. The average molecular weight is 429 g/mol. The Bertz CT molecular complexity index is 844. The normalized spacial score (nSPS) is 18.6. The van der Waals surface area contributed by atoms with E-state index in [-0.39, 0.29) is 5.54 Å². The SMILES string of the molecule is CCCN1c2cc(OC)c(C=Nc3ccccc3Br)cc2C(C)CC1(C)C. The topological polar surface area (TPSA) is 24.8 Å². The second-order valence-electron chi connectivity index (χ2n) is 7.93. The molecule has 3 nitrogen and oxygen atoms in total. The van der Waals surface area contributed by atoms with Gasteiger partial charge in [-0.25, -0.2) is 0 Å². The summed E-state index contributed by atoms with van der Waals surface area (Å²) in [7, 11) is 1.74. The van der Waals surface area contributed by atoms with Gasteiger partial charge in [-0.1, -0.05) is 26.0 Å². The molecule has 0 aliphatic carbocycles. The lowest BCUT2D eigenvalue weighted by Gasteiger charge is -2.47. The molecule has 1 heterocycles. The summed E-state index contributed by atoms with van der Waals surface area (Å²) < 4.78 is 6.72. The molecule has 3 rings (SSSR count). The summed E-state index contributed by atoms with van der Waals surface area (Å²) >= 11 is 3.56. The first-order valence-electron chi connectivity index (χ1n) is 9.65. The fourth-order valence-corrected chi connectivity index (χ4v) is 4.53. The van der Waals surface area contributed by atoms with Gasteiger partial charge in [0.15, 0.2) is 0 Å². The first kappa shape index (κ1) is 19.9. The summed E-state index contributed by atoms with van der Waals surface area (Å²) in [6.45, 7) is 10.3. The molecule has 0 radical (unpaired) electrons. The van der Waals surface area contributed by atoms with Crippen molar-refractivity contribution in [3.63, 3.8) is 0 Å². The van der Waals surface area contributed by atoms with Gasteiger partial charge < -0.3 is 9.64 Å². The van der Waals surface area contributed by atoms with E-state index in [0.717, 1.165) is 40.9 Å². The molecule has 144 valence electrons. The van der Waals surface area contributed by atoms with E-state index < -0.39 is 0 Å². The highest BCUT2D eigenvalue weighted by molar-refractivity contribution is 9.10. The van der Waals surface area contributed by atoms with Crippen molar-refractivity contribution >= 4 is 33.5 Å². The number of ether oxygens (including phenoxy) is 1. The van der Waals surface area contributed by atoms with Crippen LogP contribution in [0, 0.1) is 0 Å². The van der Waals surface area contributed by atoms with Gasteiger partial charge in [0, 0.05) is 40.1 Å². The van der Waals surface area contributed by atoms with E-state index in [1.165, 1.54) is 11.3 Å². The molecule has 0 fully saturated rings. The monoisotopic (exact) mass is 428 g/mol. The molecule has 0 amide bonds. The van der Waals surface area contributed by atoms with Crippen LogP contribution in [0.5, 0.6) is 5.75 Å². The molecule has 0 N–H and O–H groups in total. The Kier molecular flexibility index (Phi) is 5.95. The second kappa shape index (κ2) is 8.05. The largest absolute Gasteiger partial charge is 0.496 e. The highest BCUT2D eigenvalue weighted by Gasteiger charge is 2.36. The molecule has 1 aliphatic rings. The highest BCUT2D eigenvalue weighted by Crippen LogP contribution is 2.45. The van der Waals surface area contributed by atoms with Gasteiger partial charge in [-0.15, -0.1) is 0 Å². The Labute approximate surface area is 171 Å². The van der Waals surface area contributed by atoms with Crippen LogP contribution in [0.2, 0.25) is 0 Å². The Morgan fingerprint density at radius 1 is 1.30 bits per heavy atom. The number of aliphatic imine (C=N–C) groups is 1. The van der Waals surface area contributed by atoms with E-state index in [1.54, 1.807) is 7.11 Å². The summed E-state index contributed by atoms with van der Waals surface area (Å²) in [6, 6.07) is 12.5. The Morgan fingerprint density at radius 3 is 2.70 bits per heavy atom. The second-order valence-corrected chi connectivity index (χ2v) is 8.79. The van der Waals surface area contributed by atoms with Crippen molar-refractivity contribution < 1.29 is 4.74 Å². The third-order valence-corrected chi connectivity index (χ3v) is 6.05. The van der Waals surface area contributed by atoms with E-state index in [2.05, 4.69) is 65.6 Å². The van der Waals surface area contributed by atoms with Crippen LogP contribution in [0.3, 0.4) is 0 Å². The van der Waals surface area contributed by atoms with E-state index >= 15 is 0 Å². The Morgan fingerprint density at radius 2 is 2.04 bits per heavy atom. The van der Waals surface area contributed by atoms with Gasteiger partial charge in [-0.3, -0.25) is 4.99 Å². The molecule has 27 heavy (non-hydrogen) atoms. The smallest absolute Gasteiger partial charge is 0.129 e. The van der Waals surface area contributed by atoms with Gasteiger partial charge in [0.25, 0.3) is 0 Å². The molecule has 0 spiro atoms. The zero-order valence-electron chi connectivity index (χ0n) is 16.9. The summed E-state index contributed by atoms with van der Waals surface area (Å²) in [6.07, 6.45) is 4.19. The number of benzene rings is 2. The number of rotatable bonds is 5. The zero-order valence-corrected chi connectivity index (χ0v) is 18.5. The van der Waals surface area contributed by atoms with E-state index in [9.17, 15) is 0 Å². The van der Waals surface area contributed by atoms with Crippen molar-refractivity contribution in [2.45, 2.75) is 52.0 Å². The predicted octanol–water partition coefficient (Wildman–Crippen LogP) is 6.71. The molecular weight excluding hydrogens is 400 g/mol. The van der Waals surface area contributed by atoms with Crippen LogP contribution < -0.4 is 9.64 Å². The number of nitrogens with zero attached hydrogens (tertiary/aromatic N) is 2. The van der Waals surface area contributed by atoms with Crippen molar-refractivity contribution in [2.75, 3.05) is 18.6 Å². The summed E-state index contributed by atoms with van der Waals surface area (Å²) in [5, 5.41) is 0. The van der Waals surface area contributed by atoms with Crippen molar-refractivity contribution in [3.8, 4) is 5.75 Å². The van der Waals surface area contributed by atoms with E-state index in [0.29, 0.717) is 5.92 Å². The number of para-hydroxylation sites is 1.